The zero-order chi connectivity index (χ0) is 15.9. The Morgan fingerprint density at radius 2 is 1.90 bits per heavy atom. The van der Waals surface area contributed by atoms with Crippen LogP contribution in [0, 0.1) is 5.41 Å². The fraction of sp³-hybridized carbons (Fsp3) is 0.500. The van der Waals surface area contributed by atoms with Gasteiger partial charge in [-0.3, -0.25) is 9.59 Å². The third-order valence-electron chi connectivity index (χ3n) is 3.63. The molecule has 2 unspecified atom stereocenters. The first-order valence-corrected chi connectivity index (χ1v) is 7.15. The topological polar surface area (TPSA) is 75.6 Å². The third kappa shape index (κ3) is 4.77. The smallest absolute Gasteiger partial charge is 0.311 e. The van der Waals surface area contributed by atoms with E-state index in [0.717, 1.165) is 0 Å². The summed E-state index contributed by atoms with van der Waals surface area (Å²) in [6, 6.07) is 9.09. The predicted octanol–water partition coefficient (Wildman–Crippen LogP) is 2.46. The maximum absolute atomic E-state index is 12.1. The van der Waals surface area contributed by atoms with Crippen LogP contribution in [0.5, 0.6) is 5.75 Å². The number of carbonyl (C=O) groups is 2. The van der Waals surface area contributed by atoms with Crippen LogP contribution in [0.4, 0.5) is 0 Å². The van der Waals surface area contributed by atoms with Gasteiger partial charge in [-0.25, -0.2) is 0 Å². The van der Waals surface area contributed by atoms with E-state index in [-0.39, 0.29) is 12.5 Å². The van der Waals surface area contributed by atoms with Crippen molar-refractivity contribution in [1.29, 1.82) is 0 Å². The van der Waals surface area contributed by atoms with Gasteiger partial charge in [0, 0.05) is 6.54 Å². The first-order chi connectivity index (χ1) is 9.92. The van der Waals surface area contributed by atoms with Crippen molar-refractivity contribution in [2.75, 3.05) is 6.54 Å². The van der Waals surface area contributed by atoms with E-state index in [9.17, 15) is 14.7 Å². The highest BCUT2D eigenvalue weighted by Crippen LogP contribution is 2.20. The average molecular weight is 293 g/mol. The number of hydrogen-bond acceptors (Lipinski definition) is 3. The molecule has 116 valence electrons. The van der Waals surface area contributed by atoms with E-state index in [0.29, 0.717) is 18.6 Å². The van der Waals surface area contributed by atoms with Crippen LogP contribution >= 0.6 is 0 Å². The first kappa shape index (κ1) is 17.0. The second-order valence-corrected chi connectivity index (χ2v) is 5.26. The van der Waals surface area contributed by atoms with E-state index in [4.69, 9.17) is 4.74 Å². The van der Waals surface area contributed by atoms with Crippen LogP contribution in [-0.2, 0) is 9.59 Å². The van der Waals surface area contributed by atoms with Crippen molar-refractivity contribution in [1.82, 2.24) is 5.32 Å². The minimum absolute atomic E-state index is 0.0896. The number of carbonyl (C=O) groups excluding carboxylic acids is 1. The fourth-order valence-corrected chi connectivity index (χ4v) is 1.73. The summed E-state index contributed by atoms with van der Waals surface area (Å²) in [5, 5.41) is 11.9. The molecule has 5 heteroatoms. The lowest BCUT2D eigenvalue weighted by Crippen LogP contribution is -2.45. The number of amides is 1. The van der Waals surface area contributed by atoms with E-state index in [1.807, 2.05) is 25.1 Å². The van der Waals surface area contributed by atoms with Gasteiger partial charge in [0.05, 0.1) is 5.41 Å². The van der Waals surface area contributed by atoms with Crippen LogP contribution < -0.4 is 10.1 Å². The van der Waals surface area contributed by atoms with Crippen LogP contribution in [0.25, 0.3) is 0 Å². The van der Waals surface area contributed by atoms with Crippen molar-refractivity contribution >= 4 is 11.9 Å². The molecule has 0 aliphatic carbocycles. The summed E-state index contributed by atoms with van der Waals surface area (Å²) in [5.41, 5.74) is -0.958. The Morgan fingerprint density at radius 1 is 1.29 bits per heavy atom. The van der Waals surface area contributed by atoms with Crippen molar-refractivity contribution in [3.63, 3.8) is 0 Å². The Hall–Kier alpha value is -2.04. The van der Waals surface area contributed by atoms with Crippen LogP contribution in [0.3, 0.4) is 0 Å². The molecule has 0 heterocycles. The second-order valence-electron chi connectivity index (χ2n) is 5.26. The van der Waals surface area contributed by atoms with Crippen molar-refractivity contribution < 1.29 is 19.4 Å². The Morgan fingerprint density at radius 3 is 2.38 bits per heavy atom. The third-order valence-corrected chi connectivity index (χ3v) is 3.63. The van der Waals surface area contributed by atoms with Crippen LogP contribution in [0.1, 0.15) is 33.6 Å². The minimum atomic E-state index is -0.958. The molecule has 0 aromatic heterocycles. The standard InChI is InChI=1S/C16H23NO4/c1-4-13(21-12-9-7-6-8-10-12)14(18)17-11-16(3,5-2)15(19)20/h6-10,13H,4-5,11H2,1-3H3,(H,17,18)(H,19,20). The molecule has 0 fully saturated rings. The lowest BCUT2D eigenvalue weighted by atomic mass is 9.87. The van der Waals surface area contributed by atoms with Gasteiger partial charge in [0.2, 0.25) is 0 Å². The van der Waals surface area contributed by atoms with Crippen molar-refractivity contribution in [3.8, 4) is 5.75 Å². The van der Waals surface area contributed by atoms with E-state index in [1.54, 1.807) is 26.0 Å². The molecule has 1 aromatic rings. The molecular weight excluding hydrogens is 270 g/mol. The van der Waals surface area contributed by atoms with Gasteiger partial charge in [0.25, 0.3) is 5.91 Å². The van der Waals surface area contributed by atoms with E-state index >= 15 is 0 Å². The Kier molecular flexibility index (Phi) is 6.21. The van der Waals surface area contributed by atoms with E-state index in [1.165, 1.54) is 0 Å². The molecular formula is C16H23NO4. The molecule has 1 rings (SSSR count). The molecule has 0 bridgehead atoms. The summed E-state index contributed by atoms with van der Waals surface area (Å²) >= 11 is 0. The molecule has 0 spiro atoms. The Bertz CT molecular complexity index is 474. The second kappa shape index (κ2) is 7.67. The van der Waals surface area contributed by atoms with Gasteiger partial charge < -0.3 is 15.2 Å². The lowest BCUT2D eigenvalue weighted by molar-refractivity contribution is -0.148. The summed E-state index contributed by atoms with van der Waals surface area (Å²) in [4.78, 5) is 23.3. The molecule has 2 N–H and O–H groups in total. The number of hydrogen-bond donors (Lipinski definition) is 2. The van der Waals surface area contributed by atoms with Crippen molar-refractivity contribution in [2.24, 2.45) is 5.41 Å². The minimum Gasteiger partial charge on any atom is -0.481 e. The van der Waals surface area contributed by atoms with Gasteiger partial charge in [0.1, 0.15) is 5.75 Å². The van der Waals surface area contributed by atoms with Gasteiger partial charge >= 0.3 is 5.97 Å². The molecule has 1 aromatic carbocycles. The van der Waals surface area contributed by atoms with Gasteiger partial charge in [-0.2, -0.15) is 0 Å². The van der Waals surface area contributed by atoms with Crippen LogP contribution in [-0.4, -0.2) is 29.6 Å². The first-order valence-electron chi connectivity index (χ1n) is 7.15. The maximum Gasteiger partial charge on any atom is 0.311 e. The van der Waals surface area contributed by atoms with Crippen LogP contribution in [0.15, 0.2) is 30.3 Å². The summed E-state index contributed by atoms with van der Waals surface area (Å²) < 4.78 is 5.63. The molecule has 0 aliphatic heterocycles. The van der Waals surface area contributed by atoms with Gasteiger partial charge in [0.15, 0.2) is 6.10 Å². The summed E-state index contributed by atoms with van der Waals surface area (Å²) in [7, 11) is 0. The molecule has 21 heavy (non-hydrogen) atoms. The zero-order valence-electron chi connectivity index (χ0n) is 12.8. The fourth-order valence-electron chi connectivity index (χ4n) is 1.73. The zero-order valence-corrected chi connectivity index (χ0v) is 12.8. The normalized spacial score (nSPS) is 14.8. The molecule has 1 amide bonds. The van der Waals surface area contributed by atoms with E-state index in [2.05, 4.69) is 5.32 Å². The number of ether oxygens (including phenoxy) is 1. The monoisotopic (exact) mass is 293 g/mol. The summed E-state index contributed by atoms with van der Waals surface area (Å²) in [5.74, 6) is -0.583. The highest BCUT2D eigenvalue weighted by molar-refractivity contribution is 5.82. The summed E-state index contributed by atoms with van der Waals surface area (Å²) in [6.07, 6.45) is 0.331. The van der Waals surface area contributed by atoms with Gasteiger partial charge in [-0.15, -0.1) is 0 Å². The largest absolute Gasteiger partial charge is 0.481 e. The van der Waals surface area contributed by atoms with Crippen LogP contribution in [0.2, 0.25) is 0 Å². The molecule has 0 saturated heterocycles. The molecule has 2 atom stereocenters. The number of aliphatic carboxylic acids is 1. The molecule has 0 saturated carbocycles. The maximum atomic E-state index is 12.1. The highest BCUT2D eigenvalue weighted by Gasteiger charge is 2.32. The number of benzene rings is 1. The Labute approximate surface area is 125 Å². The van der Waals surface area contributed by atoms with Gasteiger partial charge in [-0.05, 0) is 31.9 Å². The number of nitrogens with one attached hydrogen (secondary N) is 1. The Balaban J connectivity index is 2.62. The lowest BCUT2D eigenvalue weighted by Gasteiger charge is -2.25. The molecule has 0 aliphatic rings. The molecule has 5 nitrogen and oxygen atoms in total. The number of carboxylic acids is 1. The van der Waals surface area contributed by atoms with E-state index < -0.39 is 17.5 Å². The number of carboxylic acid groups (broad SMARTS) is 1. The molecule has 0 radical (unpaired) electrons. The summed E-state index contributed by atoms with van der Waals surface area (Å²) in [6.45, 7) is 5.35. The predicted molar refractivity (Wildman–Crippen MR) is 80.2 cm³/mol. The number of rotatable bonds is 8. The van der Waals surface area contributed by atoms with Crippen molar-refractivity contribution in [2.45, 2.75) is 39.7 Å². The SMILES string of the molecule is CCC(Oc1ccccc1)C(=O)NCC(C)(CC)C(=O)O. The quantitative estimate of drug-likeness (QED) is 0.772. The van der Waals surface area contributed by atoms with Gasteiger partial charge in [-0.1, -0.05) is 32.0 Å². The average Bonchev–Trinajstić information content (AvgIpc) is 2.50. The number of para-hydroxylation sites is 1. The van der Waals surface area contributed by atoms with Crippen molar-refractivity contribution in [3.05, 3.63) is 30.3 Å². The highest BCUT2D eigenvalue weighted by atomic mass is 16.5.